The van der Waals surface area contributed by atoms with E-state index in [1.165, 1.54) is 22.7 Å². The molecule has 1 saturated heterocycles. The smallest absolute Gasteiger partial charge is 0.232 e. The van der Waals surface area contributed by atoms with Gasteiger partial charge >= 0.3 is 0 Å². The highest BCUT2D eigenvalue weighted by atomic mass is 32.2. The van der Waals surface area contributed by atoms with Crippen molar-refractivity contribution < 1.29 is 31.4 Å². The number of nitrogens with one attached hydrogen (secondary N) is 2. The molecule has 2 N–H and O–H groups in total. The molecule has 1 unspecified atom stereocenters. The number of morpholine rings is 1. The van der Waals surface area contributed by atoms with E-state index in [1.807, 2.05) is 24.3 Å². The number of ether oxygens (including phenoxy) is 3. The average molecular weight is 768 g/mol. The minimum Gasteiger partial charge on any atom is -0.491 e. The van der Waals surface area contributed by atoms with E-state index in [1.54, 1.807) is 32.3 Å². The quantitative estimate of drug-likeness (QED) is 0.110. The van der Waals surface area contributed by atoms with Crippen LogP contribution >= 0.6 is 0 Å². The second kappa shape index (κ2) is 15.8. The third-order valence-corrected chi connectivity index (χ3v) is 11.7. The second-order valence-corrected chi connectivity index (χ2v) is 16.2. The van der Waals surface area contributed by atoms with E-state index in [2.05, 4.69) is 50.4 Å². The molecule has 13 heteroatoms. The molecule has 2 aliphatic rings. The molecule has 1 fully saturated rings. The van der Waals surface area contributed by atoms with Gasteiger partial charge in [-0.25, -0.2) is 12.8 Å². The number of para-hydroxylation sites is 1. The van der Waals surface area contributed by atoms with Gasteiger partial charge in [0.2, 0.25) is 10.0 Å². The standard InChI is InChI=1S/C42H46FN5O6S/c1-44-27-52-26-36-34-22-33(38(46(2)55(3,49)50)23-41(34)54-42(36)28-8-11-31(43)12-9-28)29-10-13-40-35(20-29)39-21-30-6-4-5-7-37(30)48(39)24-32(25-53-40)45-14-15-47-16-18-51-19-17-47/h4-13,20-23,32,44-45H,14-19,24-27H2,1-3H3. The van der Waals surface area contributed by atoms with Gasteiger partial charge < -0.3 is 28.5 Å². The van der Waals surface area contributed by atoms with Crippen LogP contribution in [0.3, 0.4) is 0 Å². The monoisotopic (exact) mass is 767 g/mol. The highest BCUT2D eigenvalue weighted by Crippen LogP contribution is 2.44. The third-order valence-electron chi connectivity index (χ3n) is 10.5. The summed E-state index contributed by atoms with van der Waals surface area (Å²) in [4.78, 5) is 2.42. The molecular weight excluding hydrogens is 722 g/mol. The molecule has 0 aliphatic carbocycles. The summed E-state index contributed by atoms with van der Waals surface area (Å²) in [6, 6.07) is 26.5. The van der Waals surface area contributed by atoms with Crippen LogP contribution in [0.4, 0.5) is 10.1 Å². The van der Waals surface area contributed by atoms with Gasteiger partial charge in [0.15, 0.2) is 0 Å². The molecule has 1 atom stereocenters. The number of hydrogen-bond donors (Lipinski definition) is 2. The zero-order valence-corrected chi connectivity index (χ0v) is 32.1. The number of benzene rings is 4. The van der Waals surface area contributed by atoms with Crippen LogP contribution in [0.5, 0.6) is 5.75 Å². The summed E-state index contributed by atoms with van der Waals surface area (Å²) in [5.41, 5.74) is 6.94. The summed E-state index contributed by atoms with van der Waals surface area (Å²) in [5, 5.41) is 8.65. The van der Waals surface area contributed by atoms with Crippen LogP contribution in [0.2, 0.25) is 0 Å². The Kier molecular flexibility index (Phi) is 10.7. The fraction of sp³-hybridized carbons (Fsp3) is 0.333. The highest BCUT2D eigenvalue weighted by molar-refractivity contribution is 7.92. The molecule has 8 rings (SSSR count). The zero-order chi connectivity index (χ0) is 38.1. The summed E-state index contributed by atoms with van der Waals surface area (Å²) in [7, 11) is -0.335. The molecule has 4 aromatic carbocycles. The van der Waals surface area contributed by atoms with E-state index < -0.39 is 10.0 Å². The van der Waals surface area contributed by atoms with E-state index in [0.717, 1.165) is 83.8 Å². The van der Waals surface area contributed by atoms with Gasteiger partial charge in [0.25, 0.3) is 0 Å². The molecule has 2 aliphatic heterocycles. The molecule has 288 valence electrons. The largest absolute Gasteiger partial charge is 0.491 e. The van der Waals surface area contributed by atoms with Gasteiger partial charge in [0, 0.05) is 84.4 Å². The molecule has 11 nitrogen and oxygen atoms in total. The lowest BCUT2D eigenvalue weighted by Gasteiger charge is -2.29. The number of halogens is 1. The number of anilines is 1. The average Bonchev–Trinajstić information content (AvgIpc) is 3.73. The van der Waals surface area contributed by atoms with E-state index >= 15 is 0 Å². The van der Waals surface area contributed by atoms with Crippen molar-refractivity contribution >= 4 is 37.6 Å². The Labute approximate surface area is 320 Å². The van der Waals surface area contributed by atoms with Gasteiger partial charge in [-0.1, -0.05) is 24.3 Å². The van der Waals surface area contributed by atoms with Gasteiger partial charge in [-0.05, 0) is 67.2 Å². The van der Waals surface area contributed by atoms with Crippen LogP contribution in [-0.4, -0.2) is 97.0 Å². The molecule has 55 heavy (non-hydrogen) atoms. The first kappa shape index (κ1) is 37.2. The Morgan fingerprint density at radius 2 is 1.75 bits per heavy atom. The van der Waals surface area contributed by atoms with Crippen molar-refractivity contribution in [2.45, 2.75) is 19.2 Å². The summed E-state index contributed by atoms with van der Waals surface area (Å²) in [6.07, 6.45) is 1.18. The fourth-order valence-electron chi connectivity index (χ4n) is 7.58. The maximum Gasteiger partial charge on any atom is 0.232 e. The van der Waals surface area contributed by atoms with Gasteiger partial charge in [0.1, 0.15) is 29.5 Å². The minimum absolute atomic E-state index is 0.0702. The molecule has 0 spiro atoms. The van der Waals surface area contributed by atoms with Gasteiger partial charge in [-0.15, -0.1) is 0 Å². The lowest BCUT2D eigenvalue weighted by molar-refractivity contribution is 0.0378. The van der Waals surface area contributed by atoms with Gasteiger partial charge in [-0.3, -0.25) is 14.5 Å². The van der Waals surface area contributed by atoms with Crippen LogP contribution in [0.1, 0.15) is 5.56 Å². The Hall–Kier alpha value is -4.76. The SMILES string of the molecule is CNCOCc1c(-c2ccc(F)cc2)oc2cc(N(C)S(C)(=O)=O)c(-c3ccc4c(c3)-c3cc5ccccc5n3CC(NCCN3CCOCC3)CO4)cc12. The highest BCUT2D eigenvalue weighted by Gasteiger charge is 2.26. The van der Waals surface area contributed by atoms with Crippen LogP contribution in [0.25, 0.3) is 55.6 Å². The molecule has 4 heterocycles. The molecule has 0 bridgehead atoms. The fourth-order valence-corrected chi connectivity index (χ4v) is 8.09. The van der Waals surface area contributed by atoms with Crippen LogP contribution in [-0.2, 0) is 32.6 Å². The topological polar surface area (TPSA) is 110 Å². The first-order valence-corrected chi connectivity index (χ1v) is 20.4. The number of fused-ring (bicyclic) bond motifs is 6. The maximum absolute atomic E-state index is 14.0. The predicted molar refractivity (Wildman–Crippen MR) is 214 cm³/mol. The second-order valence-electron chi connectivity index (χ2n) is 14.2. The molecule has 0 amide bonds. The predicted octanol–water partition coefficient (Wildman–Crippen LogP) is 6.30. The van der Waals surface area contributed by atoms with Crippen molar-refractivity contribution in [2.24, 2.45) is 0 Å². The van der Waals surface area contributed by atoms with Gasteiger partial charge in [-0.2, -0.15) is 0 Å². The van der Waals surface area contributed by atoms with Gasteiger partial charge in [0.05, 0.1) is 50.2 Å². The van der Waals surface area contributed by atoms with Crippen LogP contribution in [0.15, 0.2) is 89.3 Å². The normalized spacial score (nSPS) is 16.4. The van der Waals surface area contributed by atoms with Crippen molar-refractivity contribution in [2.75, 3.05) is 77.4 Å². The first-order chi connectivity index (χ1) is 26.7. The van der Waals surface area contributed by atoms with Crippen molar-refractivity contribution in [3.05, 3.63) is 96.3 Å². The maximum atomic E-state index is 14.0. The Morgan fingerprint density at radius 1 is 0.964 bits per heavy atom. The van der Waals surface area contributed by atoms with Crippen molar-refractivity contribution in [3.63, 3.8) is 0 Å². The Bertz CT molecular complexity index is 2420. The minimum atomic E-state index is -3.68. The Morgan fingerprint density at radius 3 is 2.53 bits per heavy atom. The van der Waals surface area contributed by atoms with Crippen molar-refractivity contribution in [1.29, 1.82) is 0 Å². The lowest BCUT2D eigenvalue weighted by Crippen LogP contribution is -2.45. The lowest BCUT2D eigenvalue weighted by atomic mass is 9.96. The van der Waals surface area contributed by atoms with Crippen molar-refractivity contribution in [1.82, 2.24) is 20.1 Å². The van der Waals surface area contributed by atoms with E-state index in [-0.39, 0.29) is 18.5 Å². The molecule has 2 aromatic heterocycles. The Balaban J connectivity index is 1.23. The van der Waals surface area contributed by atoms with Crippen LogP contribution < -0.4 is 19.7 Å². The third kappa shape index (κ3) is 7.73. The number of nitrogens with zero attached hydrogens (tertiary/aromatic N) is 3. The van der Waals surface area contributed by atoms with E-state index in [4.69, 9.17) is 18.6 Å². The zero-order valence-electron chi connectivity index (χ0n) is 31.3. The summed E-state index contributed by atoms with van der Waals surface area (Å²) >= 11 is 0. The number of sulfonamides is 1. The number of aromatic nitrogens is 1. The number of rotatable bonds is 12. The van der Waals surface area contributed by atoms with Crippen molar-refractivity contribution in [3.8, 4) is 39.5 Å². The number of hydrogen-bond acceptors (Lipinski definition) is 9. The summed E-state index contributed by atoms with van der Waals surface area (Å²) in [6.45, 7) is 6.92. The van der Waals surface area contributed by atoms with Crippen LogP contribution in [0, 0.1) is 5.82 Å². The summed E-state index contributed by atoms with van der Waals surface area (Å²) < 4.78 is 68.3. The first-order valence-electron chi connectivity index (χ1n) is 18.6. The van der Waals surface area contributed by atoms with E-state index in [0.29, 0.717) is 48.0 Å². The molecule has 0 saturated carbocycles. The summed E-state index contributed by atoms with van der Waals surface area (Å²) in [5.74, 6) is 0.916. The van der Waals surface area contributed by atoms with E-state index in [9.17, 15) is 12.8 Å². The molecular formula is C42H46FN5O6S. The number of furan rings is 1. The molecule has 0 radical (unpaired) electrons. The molecule has 6 aromatic rings.